The summed E-state index contributed by atoms with van der Waals surface area (Å²) < 4.78 is 4.88. The third kappa shape index (κ3) is 2.07. The number of nitrogens with zero attached hydrogens (tertiary/aromatic N) is 2. The lowest BCUT2D eigenvalue weighted by Gasteiger charge is -2.16. The molecule has 4 rings (SSSR count). The lowest BCUT2D eigenvalue weighted by atomic mass is 10.0. The van der Waals surface area contributed by atoms with Crippen molar-refractivity contribution in [1.82, 2.24) is 10.2 Å². The summed E-state index contributed by atoms with van der Waals surface area (Å²) in [5, 5.41) is 7.81. The number of nitrogens with one attached hydrogen (secondary N) is 1. The Kier molecular flexibility index (Phi) is 3.30. The molecular formula is C18H15N3O3. The second kappa shape index (κ2) is 5.49. The van der Waals surface area contributed by atoms with Gasteiger partial charge in [0, 0.05) is 17.6 Å². The van der Waals surface area contributed by atoms with Gasteiger partial charge in [-0.15, -0.1) is 0 Å². The highest BCUT2D eigenvalue weighted by molar-refractivity contribution is 6.14. The highest BCUT2D eigenvalue weighted by Crippen LogP contribution is 2.37. The lowest BCUT2D eigenvalue weighted by molar-refractivity contribution is -0.141. The van der Waals surface area contributed by atoms with Gasteiger partial charge in [0.15, 0.2) is 5.69 Å². The minimum absolute atomic E-state index is 0.230. The van der Waals surface area contributed by atoms with Crippen molar-refractivity contribution < 1.29 is 14.3 Å². The van der Waals surface area contributed by atoms with Crippen molar-refractivity contribution >= 4 is 28.5 Å². The summed E-state index contributed by atoms with van der Waals surface area (Å²) in [6.07, 6.45) is 0. The zero-order valence-electron chi connectivity index (χ0n) is 13.0. The first-order valence-corrected chi connectivity index (χ1v) is 7.62. The highest BCUT2D eigenvalue weighted by atomic mass is 16.5. The monoisotopic (exact) mass is 321 g/mol. The molecule has 0 bridgehead atoms. The van der Waals surface area contributed by atoms with Crippen LogP contribution in [0.2, 0.25) is 0 Å². The average Bonchev–Trinajstić information content (AvgIpc) is 3.22. The van der Waals surface area contributed by atoms with E-state index < -0.39 is 5.92 Å². The van der Waals surface area contributed by atoms with Gasteiger partial charge in [-0.1, -0.05) is 36.4 Å². The largest absolute Gasteiger partial charge is 0.468 e. The maximum absolute atomic E-state index is 13.0. The van der Waals surface area contributed by atoms with E-state index >= 15 is 0 Å². The zero-order chi connectivity index (χ0) is 16.7. The van der Waals surface area contributed by atoms with E-state index in [1.807, 2.05) is 48.5 Å². The second-order valence-corrected chi connectivity index (χ2v) is 5.67. The van der Waals surface area contributed by atoms with Crippen molar-refractivity contribution in [3.63, 3.8) is 0 Å². The van der Waals surface area contributed by atoms with Gasteiger partial charge in [-0.3, -0.25) is 14.7 Å². The van der Waals surface area contributed by atoms with Gasteiger partial charge in [0.2, 0.25) is 0 Å². The van der Waals surface area contributed by atoms with Crippen LogP contribution in [0.4, 0.5) is 5.69 Å². The standard InChI is InChI=1S/C18H15N3O3/c1-24-18(23)13-10-21(15-9-5-3-6-11(13)15)17(22)16-12-7-2-4-8-14(12)19-20-16/h2-9,13H,10H2,1H3,(H,19,20). The number of esters is 1. The van der Waals surface area contributed by atoms with E-state index in [4.69, 9.17) is 4.74 Å². The molecule has 6 heteroatoms. The van der Waals surface area contributed by atoms with Crippen molar-refractivity contribution in [2.45, 2.75) is 5.92 Å². The number of amides is 1. The number of hydrogen-bond acceptors (Lipinski definition) is 4. The lowest BCUT2D eigenvalue weighted by Crippen LogP contribution is -2.31. The molecule has 1 aromatic heterocycles. The molecular weight excluding hydrogens is 306 g/mol. The Morgan fingerprint density at radius 3 is 2.75 bits per heavy atom. The number of carbonyl (C=O) groups excluding carboxylic acids is 2. The Labute approximate surface area is 138 Å². The Balaban J connectivity index is 1.77. The summed E-state index contributed by atoms with van der Waals surface area (Å²) in [7, 11) is 1.36. The number of aromatic amines is 1. The number of anilines is 1. The molecule has 0 saturated heterocycles. The molecule has 1 aliphatic heterocycles. The average molecular weight is 321 g/mol. The second-order valence-electron chi connectivity index (χ2n) is 5.67. The predicted octanol–water partition coefficient (Wildman–Crippen LogP) is 2.48. The fraction of sp³-hybridized carbons (Fsp3) is 0.167. The summed E-state index contributed by atoms with van der Waals surface area (Å²) in [6.45, 7) is 0.256. The van der Waals surface area contributed by atoms with Crippen LogP contribution in [0.3, 0.4) is 0 Å². The SMILES string of the molecule is COC(=O)C1CN(C(=O)c2n[nH]c3ccccc23)c2ccccc21. The number of carbonyl (C=O) groups is 2. The summed E-state index contributed by atoms with van der Waals surface area (Å²) in [6, 6.07) is 14.9. The first-order chi connectivity index (χ1) is 11.7. The number of methoxy groups -OCH3 is 1. The fourth-order valence-electron chi connectivity index (χ4n) is 3.20. The van der Waals surface area contributed by atoms with E-state index in [1.54, 1.807) is 4.90 Å². The quantitative estimate of drug-likeness (QED) is 0.736. The van der Waals surface area contributed by atoms with Crippen LogP contribution in [-0.4, -0.2) is 35.7 Å². The number of H-pyrrole nitrogens is 1. The molecule has 2 aromatic carbocycles. The molecule has 1 amide bonds. The van der Waals surface area contributed by atoms with Crippen LogP contribution in [-0.2, 0) is 9.53 Å². The van der Waals surface area contributed by atoms with Crippen molar-refractivity contribution in [3.05, 3.63) is 59.8 Å². The van der Waals surface area contributed by atoms with Crippen LogP contribution in [0.1, 0.15) is 22.0 Å². The smallest absolute Gasteiger partial charge is 0.315 e. The molecule has 0 fully saturated rings. The maximum Gasteiger partial charge on any atom is 0.315 e. The minimum atomic E-state index is -0.472. The third-order valence-electron chi connectivity index (χ3n) is 4.37. The van der Waals surface area contributed by atoms with E-state index in [1.165, 1.54) is 7.11 Å². The maximum atomic E-state index is 13.0. The summed E-state index contributed by atoms with van der Waals surface area (Å²) in [5.74, 6) is -1.05. The van der Waals surface area contributed by atoms with Crippen LogP contribution < -0.4 is 4.90 Å². The van der Waals surface area contributed by atoms with Crippen LogP contribution >= 0.6 is 0 Å². The van der Waals surface area contributed by atoms with Crippen molar-refractivity contribution in [2.75, 3.05) is 18.6 Å². The molecule has 1 N–H and O–H groups in total. The molecule has 0 saturated carbocycles. The van der Waals surface area contributed by atoms with Crippen LogP contribution in [0.25, 0.3) is 10.9 Å². The summed E-state index contributed by atoms with van der Waals surface area (Å²) >= 11 is 0. The molecule has 6 nitrogen and oxygen atoms in total. The summed E-state index contributed by atoms with van der Waals surface area (Å²) in [5.41, 5.74) is 2.69. The molecule has 2 heterocycles. The van der Waals surface area contributed by atoms with Gasteiger partial charge < -0.3 is 9.64 Å². The van der Waals surface area contributed by atoms with E-state index in [-0.39, 0.29) is 18.4 Å². The summed E-state index contributed by atoms with van der Waals surface area (Å²) in [4.78, 5) is 26.7. The van der Waals surface area contributed by atoms with Gasteiger partial charge in [-0.25, -0.2) is 0 Å². The molecule has 1 unspecified atom stereocenters. The number of rotatable bonds is 2. The Morgan fingerprint density at radius 2 is 1.92 bits per heavy atom. The molecule has 1 aliphatic rings. The normalized spacial score (nSPS) is 16.2. The number of benzene rings is 2. The molecule has 0 aliphatic carbocycles. The minimum Gasteiger partial charge on any atom is -0.468 e. The van der Waals surface area contributed by atoms with Crippen LogP contribution in [0.15, 0.2) is 48.5 Å². The van der Waals surface area contributed by atoms with Gasteiger partial charge in [-0.2, -0.15) is 5.10 Å². The molecule has 3 aromatic rings. The number of para-hydroxylation sites is 2. The molecule has 120 valence electrons. The van der Waals surface area contributed by atoms with Gasteiger partial charge in [0.05, 0.1) is 12.6 Å². The van der Waals surface area contributed by atoms with Gasteiger partial charge >= 0.3 is 5.97 Å². The number of hydrogen-bond donors (Lipinski definition) is 1. The molecule has 0 radical (unpaired) electrons. The van der Waals surface area contributed by atoms with E-state index in [0.717, 1.165) is 22.2 Å². The first kappa shape index (κ1) is 14.4. The van der Waals surface area contributed by atoms with Gasteiger partial charge in [-0.05, 0) is 17.7 Å². The van der Waals surface area contributed by atoms with Crippen molar-refractivity contribution in [3.8, 4) is 0 Å². The van der Waals surface area contributed by atoms with Gasteiger partial charge in [0.25, 0.3) is 5.91 Å². The molecule has 0 spiro atoms. The Bertz CT molecular complexity index is 947. The topological polar surface area (TPSA) is 75.3 Å². The van der Waals surface area contributed by atoms with Gasteiger partial charge in [0.1, 0.15) is 5.92 Å². The highest BCUT2D eigenvalue weighted by Gasteiger charge is 2.38. The molecule has 1 atom stereocenters. The first-order valence-electron chi connectivity index (χ1n) is 7.62. The predicted molar refractivity (Wildman–Crippen MR) is 89.0 cm³/mol. The number of ether oxygens (including phenoxy) is 1. The van der Waals surface area contributed by atoms with E-state index in [9.17, 15) is 9.59 Å². The van der Waals surface area contributed by atoms with Crippen molar-refractivity contribution in [2.24, 2.45) is 0 Å². The van der Waals surface area contributed by atoms with Crippen molar-refractivity contribution in [1.29, 1.82) is 0 Å². The van der Waals surface area contributed by atoms with Crippen LogP contribution in [0.5, 0.6) is 0 Å². The third-order valence-corrected chi connectivity index (χ3v) is 4.37. The number of fused-ring (bicyclic) bond motifs is 2. The van der Waals surface area contributed by atoms with E-state index in [0.29, 0.717) is 5.69 Å². The fourth-order valence-corrected chi connectivity index (χ4v) is 3.20. The Morgan fingerprint density at radius 1 is 1.17 bits per heavy atom. The number of aromatic nitrogens is 2. The van der Waals surface area contributed by atoms with Crippen LogP contribution in [0, 0.1) is 0 Å². The Hall–Kier alpha value is -3.15. The molecule has 24 heavy (non-hydrogen) atoms. The van der Waals surface area contributed by atoms with E-state index in [2.05, 4.69) is 10.2 Å². The zero-order valence-corrected chi connectivity index (χ0v) is 13.0.